The van der Waals surface area contributed by atoms with E-state index in [1.807, 2.05) is 11.6 Å². The van der Waals surface area contributed by atoms with Crippen LogP contribution < -0.4 is 10.1 Å². The van der Waals surface area contributed by atoms with Crippen molar-refractivity contribution in [1.82, 2.24) is 29.9 Å². The summed E-state index contributed by atoms with van der Waals surface area (Å²) in [5.74, 6) is 0.577. The summed E-state index contributed by atoms with van der Waals surface area (Å²) in [6.45, 7) is 0.376. The zero-order chi connectivity index (χ0) is 18.1. The molecule has 11 heteroatoms. The maximum atomic E-state index is 12.2. The predicted molar refractivity (Wildman–Crippen MR) is 87.7 cm³/mol. The van der Waals surface area contributed by atoms with Crippen LogP contribution in [0.3, 0.4) is 0 Å². The van der Waals surface area contributed by atoms with Crippen molar-refractivity contribution in [2.24, 2.45) is 0 Å². The molecular weight excluding hydrogens is 348 g/mol. The third-order valence-corrected chi connectivity index (χ3v) is 4.09. The van der Waals surface area contributed by atoms with Gasteiger partial charge in [0, 0.05) is 12.7 Å². The first-order valence-corrected chi connectivity index (χ1v) is 8.23. The molecule has 1 saturated heterocycles. The highest BCUT2D eigenvalue weighted by molar-refractivity contribution is 5.75. The highest BCUT2D eigenvalue weighted by Gasteiger charge is 2.23. The van der Waals surface area contributed by atoms with Gasteiger partial charge in [-0.15, -0.1) is 0 Å². The molecule has 0 amide bonds. The van der Waals surface area contributed by atoms with Crippen LogP contribution in [0, 0.1) is 0 Å². The van der Waals surface area contributed by atoms with Crippen molar-refractivity contribution in [3.05, 3.63) is 18.0 Å². The number of aromatic nitrogens is 6. The summed E-state index contributed by atoms with van der Waals surface area (Å²) in [7, 11) is 0. The Kier molecular flexibility index (Phi) is 4.37. The Morgan fingerprint density at radius 1 is 1.46 bits per heavy atom. The first-order valence-electron chi connectivity index (χ1n) is 8.23. The molecule has 0 aromatic carbocycles. The molecule has 3 aromatic heterocycles. The van der Waals surface area contributed by atoms with E-state index in [1.165, 1.54) is 6.07 Å². The van der Waals surface area contributed by atoms with Gasteiger partial charge >= 0.3 is 6.61 Å². The maximum absolute atomic E-state index is 12.2. The summed E-state index contributed by atoms with van der Waals surface area (Å²) in [5, 5.41) is 13.8. The molecule has 4 rings (SSSR count). The minimum atomic E-state index is -2.92. The minimum Gasteiger partial charge on any atom is -0.417 e. The second-order valence-electron chi connectivity index (χ2n) is 5.81. The van der Waals surface area contributed by atoms with Gasteiger partial charge in [0.2, 0.25) is 5.88 Å². The molecule has 1 atom stereocenters. The SMILES string of the molecule is CCc1nn(C2CCOC2)c2nc(Nc3cc(OC(F)F)[nH]n3)cnc12. The third kappa shape index (κ3) is 3.17. The number of fused-ring (bicyclic) bond motifs is 1. The molecule has 9 nitrogen and oxygen atoms in total. The molecule has 2 N–H and O–H groups in total. The molecule has 1 aliphatic heterocycles. The van der Waals surface area contributed by atoms with Crippen molar-refractivity contribution in [3.8, 4) is 5.88 Å². The number of hydrogen-bond acceptors (Lipinski definition) is 7. The molecule has 0 spiro atoms. The van der Waals surface area contributed by atoms with Crippen LogP contribution in [0.1, 0.15) is 25.1 Å². The van der Waals surface area contributed by atoms with Crippen LogP contribution in [0.2, 0.25) is 0 Å². The van der Waals surface area contributed by atoms with E-state index >= 15 is 0 Å². The standard InChI is InChI=1S/C15H17F2N7O2/c1-2-9-13-14(24(23-9)8-3-4-25-7-8)20-11(6-18-13)19-10-5-12(22-21-10)26-15(16)17/h5-6,8,15H,2-4,7H2,1H3,(H2,19,20,21,22). The lowest BCUT2D eigenvalue weighted by molar-refractivity contribution is -0.0528. The topological polar surface area (TPSA) is 103 Å². The quantitative estimate of drug-likeness (QED) is 0.691. The Bertz CT molecular complexity index is 905. The zero-order valence-corrected chi connectivity index (χ0v) is 13.9. The number of anilines is 2. The molecule has 0 bridgehead atoms. The number of ether oxygens (including phenoxy) is 2. The number of halogens is 2. The predicted octanol–water partition coefficient (Wildman–Crippen LogP) is 2.42. The number of hydrogen-bond donors (Lipinski definition) is 2. The van der Waals surface area contributed by atoms with Gasteiger partial charge in [0.1, 0.15) is 5.52 Å². The van der Waals surface area contributed by atoms with Crippen LogP contribution in [0.5, 0.6) is 5.88 Å². The first kappa shape index (κ1) is 16.6. The van der Waals surface area contributed by atoms with Crippen molar-refractivity contribution in [2.75, 3.05) is 18.5 Å². The molecule has 1 fully saturated rings. The van der Waals surface area contributed by atoms with Crippen molar-refractivity contribution in [1.29, 1.82) is 0 Å². The molecule has 1 aliphatic rings. The van der Waals surface area contributed by atoms with Crippen LogP contribution in [0.25, 0.3) is 11.2 Å². The highest BCUT2D eigenvalue weighted by Crippen LogP contribution is 2.26. The average Bonchev–Trinajstić information content (AvgIpc) is 3.33. The van der Waals surface area contributed by atoms with E-state index in [0.717, 1.165) is 24.1 Å². The Balaban J connectivity index is 1.63. The molecule has 138 valence electrons. The summed E-state index contributed by atoms with van der Waals surface area (Å²) in [6, 6.07) is 1.44. The van der Waals surface area contributed by atoms with Crippen LogP contribution in [-0.4, -0.2) is 49.8 Å². The van der Waals surface area contributed by atoms with E-state index in [0.29, 0.717) is 30.5 Å². The van der Waals surface area contributed by atoms with Crippen molar-refractivity contribution in [3.63, 3.8) is 0 Å². The fourth-order valence-electron chi connectivity index (χ4n) is 2.89. The fourth-order valence-corrected chi connectivity index (χ4v) is 2.89. The van der Waals surface area contributed by atoms with Gasteiger partial charge in [0.15, 0.2) is 17.3 Å². The smallest absolute Gasteiger partial charge is 0.388 e. The van der Waals surface area contributed by atoms with Crippen LogP contribution >= 0.6 is 0 Å². The van der Waals surface area contributed by atoms with Gasteiger partial charge in [0.05, 0.1) is 24.5 Å². The lowest BCUT2D eigenvalue weighted by Crippen LogP contribution is -2.11. The normalized spacial score (nSPS) is 17.3. The van der Waals surface area contributed by atoms with E-state index in [9.17, 15) is 8.78 Å². The van der Waals surface area contributed by atoms with Crippen molar-refractivity contribution in [2.45, 2.75) is 32.4 Å². The first-order chi connectivity index (χ1) is 12.6. The van der Waals surface area contributed by atoms with Gasteiger partial charge in [0.25, 0.3) is 0 Å². The fraction of sp³-hybridized carbons (Fsp3) is 0.467. The monoisotopic (exact) mass is 365 g/mol. The molecule has 1 unspecified atom stereocenters. The number of aromatic amines is 1. The van der Waals surface area contributed by atoms with Crippen molar-refractivity contribution < 1.29 is 18.3 Å². The van der Waals surface area contributed by atoms with Gasteiger partial charge in [-0.1, -0.05) is 6.92 Å². The van der Waals surface area contributed by atoms with E-state index < -0.39 is 6.61 Å². The van der Waals surface area contributed by atoms with Gasteiger partial charge < -0.3 is 14.8 Å². The Morgan fingerprint density at radius 3 is 3.08 bits per heavy atom. The van der Waals surface area contributed by atoms with Crippen LogP contribution in [0.4, 0.5) is 20.4 Å². The Hall–Kier alpha value is -2.82. The molecular formula is C15H17F2N7O2. The van der Waals surface area contributed by atoms with E-state index in [2.05, 4.69) is 35.3 Å². The summed E-state index contributed by atoms with van der Waals surface area (Å²) in [5.41, 5.74) is 2.27. The number of aryl methyl sites for hydroxylation is 1. The van der Waals surface area contributed by atoms with Gasteiger partial charge in [-0.3, -0.25) is 0 Å². The second-order valence-corrected chi connectivity index (χ2v) is 5.81. The molecule has 3 aromatic rings. The van der Waals surface area contributed by atoms with Gasteiger partial charge in [-0.2, -0.15) is 19.0 Å². The number of nitrogens with zero attached hydrogens (tertiary/aromatic N) is 5. The van der Waals surface area contributed by atoms with E-state index in [1.54, 1.807) is 6.20 Å². The molecule has 4 heterocycles. The summed E-state index contributed by atoms with van der Waals surface area (Å²) >= 11 is 0. The highest BCUT2D eigenvalue weighted by atomic mass is 19.3. The van der Waals surface area contributed by atoms with E-state index in [-0.39, 0.29) is 11.9 Å². The van der Waals surface area contributed by atoms with Crippen molar-refractivity contribution >= 4 is 22.8 Å². The van der Waals surface area contributed by atoms with Crippen LogP contribution in [0.15, 0.2) is 12.3 Å². The summed E-state index contributed by atoms with van der Waals surface area (Å²) in [6.07, 6.45) is 3.17. The molecule has 0 saturated carbocycles. The minimum absolute atomic E-state index is 0.124. The lowest BCUT2D eigenvalue weighted by Gasteiger charge is -2.09. The number of H-pyrrole nitrogens is 1. The number of alkyl halides is 2. The lowest BCUT2D eigenvalue weighted by atomic mass is 10.2. The Labute approximate surface area is 146 Å². The van der Waals surface area contributed by atoms with Gasteiger partial charge in [-0.05, 0) is 12.8 Å². The maximum Gasteiger partial charge on any atom is 0.388 e. The largest absolute Gasteiger partial charge is 0.417 e. The van der Waals surface area contributed by atoms with Crippen LogP contribution in [-0.2, 0) is 11.2 Å². The molecule has 0 radical (unpaired) electrons. The summed E-state index contributed by atoms with van der Waals surface area (Å²) in [4.78, 5) is 9.04. The van der Waals surface area contributed by atoms with E-state index in [4.69, 9.17) is 4.74 Å². The summed E-state index contributed by atoms with van der Waals surface area (Å²) < 4.78 is 36.0. The average molecular weight is 365 g/mol. The Morgan fingerprint density at radius 2 is 2.35 bits per heavy atom. The second kappa shape index (κ2) is 6.83. The molecule has 0 aliphatic carbocycles. The van der Waals surface area contributed by atoms with Gasteiger partial charge in [-0.25, -0.2) is 19.7 Å². The third-order valence-electron chi connectivity index (χ3n) is 4.09. The number of nitrogens with one attached hydrogen (secondary N) is 2. The number of rotatable bonds is 6. The molecule has 26 heavy (non-hydrogen) atoms. The zero-order valence-electron chi connectivity index (χ0n) is 13.9.